The summed E-state index contributed by atoms with van der Waals surface area (Å²) in [4.78, 5) is 16.7. The fourth-order valence-electron chi connectivity index (χ4n) is 2.58. The molecule has 0 unspecified atom stereocenters. The van der Waals surface area contributed by atoms with Gasteiger partial charge >= 0.3 is 0 Å². The minimum atomic E-state index is -0.625. The van der Waals surface area contributed by atoms with Crippen LogP contribution in [0.1, 0.15) is 35.5 Å². The molecule has 0 fully saturated rings. The second kappa shape index (κ2) is 7.72. The van der Waals surface area contributed by atoms with Crippen molar-refractivity contribution in [3.05, 3.63) is 78.2 Å². The number of carbonyl (C=O) groups excluding carboxylic acids is 1. The molecule has 0 aliphatic heterocycles. The Morgan fingerprint density at radius 2 is 1.96 bits per heavy atom. The van der Waals surface area contributed by atoms with Crippen LogP contribution in [-0.4, -0.2) is 31.8 Å². The molecule has 1 amide bonds. The highest BCUT2D eigenvalue weighted by Gasteiger charge is 2.16. The van der Waals surface area contributed by atoms with E-state index in [2.05, 4.69) is 15.4 Å². The summed E-state index contributed by atoms with van der Waals surface area (Å²) in [5, 5.41) is 17.3. The molecule has 0 bridgehead atoms. The van der Waals surface area contributed by atoms with Crippen molar-refractivity contribution in [1.82, 2.24) is 20.1 Å². The number of aliphatic hydroxyl groups is 1. The lowest BCUT2D eigenvalue weighted by Gasteiger charge is -2.18. The van der Waals surface area contributed by atoms with Gasteiger partial charge in [-0.05, 0) is 37.1 Å². The van der Waals surface area contributed by atoms with E-state index < -0.39 is 6.10 Å². The quantitative estimate of drug-likeness (QED) is 0.725. The smallest absolute Gasteiger partial charge is 0.270 e. The third kappa shape index (κ3) is 4.30. The minimum absolute atomic E-state index is 0.196. The van der Waals surface area contributed by atoms with Crippen LogP contribution in [-0.2, 0) is 0 Å². The Kier molecular flexibility index (Phi) is 5.20. The maximum Gasteiger partial charge on any atom is 0.270 e. The van der Waals surface area contributed by atoms with E-state index in [0.29, 0.717) is 17.9 Å². The number of hydrogen-bond donors (Lipinski definition) is 2. The number of nitrogens with one attached hydrogen (secondary N) is 1. The zero-order valence-corrected chi connectivity index (χ0v) is 13.9. The van der Waals surface area contributed by atoms with Crippen molar-refractivity contribution in [3.8, 4) is 5.82 Å². The zero-order chi connectivity index (χ0) is 17.6. The first-order chi connectivity index (χ1) is 12.1. The summed E-state index contributed by atoms with van der Waals surface area (Å²) in [6, 6.07) is 16.2. The second-order valence-electron chi connectivity index (χ2n) is 5.87. The average molecular weight is 336 g/mol. The number of benzene rings is 1. The van der Waals surface area contributed by atoms with Gasteiger partial charge in [0.2, 0.25) is 0 Å². The van der Waals surface area contributed by atoms with E-state index in [1.165, 1.54) is 0 Å². The SMILES string of the molecule is C[C@H](C[C@@H](O)c1ccccc1)NC(=O)c1cccc(-n2cccn2)n1. The lowest BCUT2D eigenvalue weighted by atomic mass is 10.0. The van der Waals surface area contributed by atoms with E-state index in [0.717, 1.165) is 5.56 Å². The van der Waals surface area contributed by atoms with Gasteiger partial charge in [0.05, 0.1) is 6.10 Å². The van der Waals surface area contributed by atoms with Crippen LogP contribution in [0.25, 0.3) is 5.82 Å². The number of carbonyl (C=O) groups is 1. The third-order valence-corrected chi connectivity index (χ3v) is 3.84. The summed E-state index contributed by atoms with van der Waals surface area (Å²) in [6.45, 7) is 1.86. The number of hydrogen-bond acceptors (Lipinski definition) is 4. The molecule has 2 N–H and O–H groups in total. The minimum Gasteiger partial charge on any atom is -0.388 e. The normalized spacial score (nSPS) is 13.2. The first-order valence-electron chi connectivity index (χ1n) is 8.14. The Hall–Kier alpha value is -2.99. The van der Waals surface area contributed by atoms with Crippen LogP contribution in [0.4, 0.5) is 0 Å². The van der Waals surface area contributed by atoms with Crippen molar-refractivity contribution in [1.29, 1.82) is 0 Å². The molecule has 3 aromatic rings. The van der Waals surface area contributed by atoms with Crippen LogP contribution < -0.4 is 5.32 Å². The van der Waals surface area contributed by atoms with Gasteiger partial charge in [-0.3, -0.25) is 4.79 Å². The molecule has 6 nitrogen and oxygen atoms in total. The summed E-state index contributed by atoms with van der Waals surface area (Å²) < 4.78 is 1.60. The first kappa shape index (κ1) is 16.9. The highest BCUT2D eigenvalue weighted by molar-refractivity contribution is 5.92. The van der Waals surface area contributed by atoms with E-state index in [1.807, 2.05) is 37.3 Å². The van der Waals surface area contributed by atoms with Crippen LogP contribution in [0.5, 0.6) is 0 Å². The number of aliphatic hydroxyl groups excluding tert-OH is 1. The van der Waals surface area contributed by atoms with Crippen LogP contribution in [0.15, 0.2) is 67.0 Å². The molecule has 0 spiro atoms. The number of rotatable bonds is 6. The van der Waals surface area contributed by atoms with Gasteiger partial charge in [-0.25, -0.2) is 9.67 Å². The molecule has 2 aromatic heterocycles. The highest BCUT2D eigenvalue weighted by atomic mass is 16.3. The van der Waals surface area contributed by atoms with Crippen LogP contribution in [0.3, 0.4) is 0 Å². The highest BCUT2D eigenvalue weighted by Crippen LogP contribution is 2.17. The average Bonchev–Trinajstić information content (AvgIpc) is 3.17. The molecule has 0 radical (unpaired) electrons. The fraction of sp³-hybridized carbons (Fsp3) is 0.211. The van der Waals surface area contributed by atoms with E-state index in [4.69, 9.17) is 0 Å². The first-order valence-corrected chi connectivity index (χ1v) is 8.14. The number of amides is 1. The van der Waals surface area contributed by atoms with Crippen molar-refractivity contribution in [2.24, 2.45) is 0 Å². The molecule has 6 heteroatoms. The molecule has 0 saturated carbocycles. The molecule has 0 aliphatic carbocycles. The molecule has 1 aromatic carbocycles. The van der Waals surface area contributed by atoms with Crippen LogP contribution >= 0.6 is 0 Å². The summed E-state index contributed by atoms with van der Waals surface area (Å²) in [6.07, 6.45) is 3.22. The van der Waals surface area contributed by atoms with Crippen molar-refractivity contribution < 1.29 is 9.90 Å². The molecule has 3 rings (SSSR count). The molecular weight excluding hydrogens is 316 g/mol. The Bertz CT molecular complexity index is 818. The lowest BCUT2D eigenvalue weighted by Crippen LogP contribution is -2.34. The number of nitrogens with zero attached hydrogens (tertiary/aromatic N) is 3. The van der Waals surface area contributed by atoms with E-state index in [-0.39, 0.29) is 11.9 Å². The molecule has 2 atom stereocenters. The van der Waals surface area contributed by atoms with Gasteiger partial charge in [0.25, 0.3) is 5.91 Å². The van der Waals surface area contributed by atoms with E-state index in [9.17, 15) is 9.90 Å². The van der Waals surface area contributed by atoms with Gasteiger partial charge in [0.1, 0.15) is 5.69 Å². The predicted octanol–water partition coefficient (Wildman–Crippen LogP) is 2.51. The molecule has 2 heterocycles. The molecular formula is C19H20N4O2. The number of aromatic nitrogens is 3. The zero-order valence-electron chi connectivity index (χ0n) is 13.9. The largest absolute Gasteiger partial charge is 0.388 e. The fourth-order valence-corrected chi connectivity index (χ4v) is 2.58. The lowest BCUT2D eigenvalue weighted by molar-refractivity contribution is 0.0912. The van der Waals surface area contributed by atoms with Gasteiger partial charge < -0.3 is 10.4 Å². The van der Waals surface area contributed by atoms with Gasteiger partial charge in [0, 0.05) is 18.4 Å². The molecule has 128 valence electrons. The van der Waals surface area contributed by atoms with Gasteiger partial charge in [-0.1, -0.05) is 36.4 Å². The monoisotopic (exact) mass is 336 g/mol. The topological polar surface area (TPSA) is 80.0 Å². The van der Waals surface area contributed by atoms with Crippen molar-refractivity contribution in [2.75, 3.05) is 0 Å². The molecule has 0 saturated heterocycles. The van der Waals surface area contributed by atoms with E-state index >= 15 is 0 Å². The standard InChI is InChI=1S/C19H20N4O2/c1-14(13-17(24)15-7-3-2-4-8-15)21-19(25)16-9-5-10-18(22-16)23-12-6-11-20-23/h2-12,14,17,24H,13H2,1H3,(H,21,25)/t14-,17-/m1/s1. The maximum atomic E-state index is 12.4. The van der Waals surface area contributed by atoms with Crippen molar-refractivity contribution in [2.45, 2.75) is 25.5 Å². The van der Waals surface area contributed by atoms with Crippen LogP contribution in [0, 0.1) is 0 Å². The van der Waals surface area contributed by atoms with Crippen molar-refractivity contribution in [3.63, 3.8) is 0 Å². The maximum absolute atomic E-state index is 12.4. The Morgan fingerprint density at radius 1 is 1.16 bits per heavy atom. The summed E-state index contributed by atoms with van der Waals surface area (Å²) in [5.74, 6) is 0.302. The van der Waals surface area contributed by atoms with Gasteiger partial charge in [-0.15, -0.1) is 0 Å². The predicted molar refractivity (Wildman–Crippen MR) is 94.3 cm³/mol. The van der Waals surface area contributed by atoms with E-state index in [1.54, 1.807) is 41.3 Å². The van der Waals surface area contributed by atoms with Crippen LogP contribution in [0.2, 0.25) is 0 Å². The van der Waals surface area contributed by atoms with Gasteiger partial charge in [-0.2, -0.15) is 5.10 Å². The Morgan fingerprint density at radius 3 is 2.68 bits per heavy atom. The molecule has 0 aliphatic rings. The summed E-state index contributed by atoms with van der Waals surface area (Å²) >= 11 is 0. The summed E-state index contributed by atoms with van der Waals surface area (Å²) in [7, 11) is 0. The number of pyridine rings is 1. The second-order valence-corrected chi connectivity index (χ2v) is 5.87. The summed E-state index contributed by atoms with van der Waals surface area (Å²) in [5.41, 5.74) is 1.15. The molecule has 25 heavy (non-hydrogen) atoms. The third-order valence-electron chi connectivity index (χ3n) is 3.84. The Balaban J connectivity index is 1.63. The Labute approximate surface area is 146 Å². The van der Waals surface area contributed by atoms with Crippen molar-refractivity contribution >= 4 is 5.91 Å². The van der Waals surface area contributed by atoms with Gasteiger partial charge in [0.15, 0.2) is 5.82 Å².